The van der Waals surface area contributed by atoms with Gasteiger partial charge in [-0.15, -0.1) is 11.3 Å². The minimum atomic E-state index is -0.909. The van der Waals surface area contributed by atoms with Crippen LogP contribution in [0.15, 0.2) is 33.6 Å². The summed E-state index contributed by atoms with van der Waals surface area (Å²) in [4.78, 5) is 31.1. The highest BCUT2D eigenvalue weighted by molar-refractivity contribution is 7.17. The number of carboxylic acids is 1. The zero-order valence-corrected chi connectivity index (χ0v) is 13.5. The van der Waals surface area contributed by atoms with Gasteiger partial charge in [-0.25, -0.2) is 9.78 Å². The molecular formula is C16H13N3O4S. The van der Waals surface area contributed by atoms with Crippen molar-refractivity contribution in [2.45, 2.75) is 19.8 Å². The number of nitrogens with zero attached hydrogens (tertiary/aromatic N) is 2. The van der Waals surface area contributed by atoms with Gasteiger partial charge < -0.3 is 9.52 Å². The fraction of sp³-hybridized carbons (Fsp3) is 0.188. The van der Waals surface area contributed by atoms with Crippen molar-refractivity contribution in [2.24, 2.45) is 0 Å². The smallest absolute Gasteiger partial charge is 0.417 e. The number of oxazole rings is 1. The fourth-order valence-electron chi connectivity index (χ4n) is 2.81. The maximum Gasteiger partial charge on any atom is 0.417 e. The van der Waals surface area contributed by atoms with E-state index in [-0.39, 0.29) is 6.42 Å². The molecule has 0 saturated heterocycles. The Hall–Kier alpha value is -2.87. The molecule has 0 atom stereocenters. The second-order valence-electron chi connectivity index (χ2n) is 5.41. The number of aromatic nitrogens is 3. The number of aryl methyl sites for hydroxylation is 1. The predicted octanol–water partition coefficient (Wildman–Crippen LogP) is 2.69. The normalized spacial score (nSPS) is 11.5. The molecule has 24 heavy (non-hydrogen) atoms. The maximum absolute atomic E-state index is 11.3. The minimum absolute atomic E-state index is 0.110. The molecule has 0 unspecified atom stereocenters. The third-order valence-corrected chi connectivity index (χ3v) is 4.99. The van der Waals surface area contributed by atoms with Gasteiger partial charge in [-0.05, 0) is 18.6 Å². The zero-order chi connectivity index (χ0) is 16.8. The van der Waals surface area contributed by atoms with Gasteiger partial charge >= 0.3 is 11.7 Å². The van der Waals surface area contributed by atoms with Crippen molar-refractivity contribution in [2.75, 3.05) is 0 Å². The van der Waals surface area contributed by atoms with Crippen LogP contribution in [0.1, 0.15) is 17.5 Å². The Labute approximate surface area is 139 Å². The maximum atomic E-state index is 11.3. The van der Waals surface area contributed by atoms with Crippen LogP contribution in [0.3, 0.4) is 0 Å². The summed E-state index contributed by atoms with van der Waals surface area (Å²) in [6.45, 7) is 2.06. The number of rotatable bonds is 4. The van der Waals surface area contributed by atoms with E-state index in [0.717, 1.165) is 27.5 Å². The monoisotopic (exact) mass is 343 g/mol. The summed E-state index contributed by atoms with van der Waals surface area (Å²) in [7, 11) is 0. The highest BCUT2D eigenvalue weighted by Gasteiger charge is 2.17. The Balaban J connectivity index is 1.92. The topological polar surface area (TPSA) is 101 Å². The molecule has 0 spiro atoms. The highest BCUT2D eigenvalue weighted by Crippen LogP contribution is 2.33. The van der Waals surface area contributed by atoms with Crippen LogP contribution in [-0.2, 0) is 17.6 Å². The molecule has 0 fully saturated rings. The van der Waals surface area contributed by atoms with Crippen LogP contribution >= 0.6 is 11.3 Å². The van der Waals surface area contributed by atoms with Gasteiger partial charge in [0, 0.05) is 16.6 Å². The molecule has 0 radical (unpaired) electrons. The molecule has 0 aliphatic rings. The molecule has 8 heteroatoms. The lowest BCUT2D eigenvalue weighted by Gasteiger charge is -2.03. The van der Waals surface area contributed by atoms with Gasteiger partial charge in [0.15, 0.2) is 10.5 Å². The highest BCUT2D eigenvalue weighted by atomic mass is 32.1. The van der Waals surface area contributed by atoms with Gasteiger partial charge in [-0.3, -0.25) is 14.2 Å². The van der Waals surface area contributed by atoms with Crippen molar-refractivity contribution >= 4 is 33.4 Å². The van der Waals surface area contributed by atoms with Crippen molar-refractivity contribution in [1.82, 2.24) is 14.4 Å². The molecule has 0 saturated carbocycles. The Morgan fingerprint density at radius 2 is 2.29 bits per heavy atom. The van der Waals surface area contributed by atoms with E-state index >= 15 is 0 Å². The number of carboxylic acid groups (broad SMARTS) is 1. The van der Waals surface area contributed by atoms with Gasteiger partial charge in [-0.1, -0.05) is 13.0 Å². The van der Waals surface area contributed by atoms with E-state index in [0.29, 0.717) is 16.8 Å². The molecule has 0 amide bonds. The Bertz CT molecular complexity index is 1130. The Morgan fingerprint density at radius 3 is 3.04 bits per heavy atom. The molecule has 1 aromatic carbocycles. The van der Waals surface area contributed by atoms with Gasteiger partial charge in [0.25, 0.3) is 0 Å². The molecule has 0 bridgehead atoms. The summed E-state index contributed by atoms with van der Waals surface area (Å²) in [5.41, 5.74) is 3.50. The number of aliphatic carboxylic acids is 1. The quantitative estimate of drug-likeness (QED) is 0.593. The average Bonchev–Trinajstić information content (AvgIpc) is 3.16. The van der Waals surface area contributed by atoms with Crippen LogP contribution in [0.25, 0.3) is 27.3 Å². The second kappa shape index (κ2) is 5.34. The number of hydrogen-bond acceptors (Lipinski definition) is 5. The second-order valence-corrected chi connectivity index (χ2v) is 6.47. The summed E-state index contributed by atoms with van der Waals surface area (Å²) in [6, 6.07) is 5.52. The lowest BCUT2D eigenvalue weighted by molar-refractivity contribution is -0.136. The first-order chi connectivity index (χ1) is 11.5. The van der Waals surface area contributed by atoms with Crippen LogP contribution in [0.5, 0.6) is 0 Å². The molecule has 3 aromatic heterocycles. The number of H-pyrrole nitrogens is 1. The number of benzene rings is 1. The predicted molar refractivity (Wildman–Crippen MR) is 89.6 cm³/mol. The summed E-state index contributed by atoms with van der Waals surface area (Å²) in [5, 5.41) is 8.95. The summed E-state index contributed by atoms with van der Waals surface area (Å²) in [5.74, 6) is -1.40. The first-order valence-corrected chi connectivity index (χ1v) is 8.21. The number of fused-ring (bicyclic) bond motifs is 2. The van der Waals surface area contributed by atoms with E-state index < -0.39 is 11.7 Å². The largest absolute Gasteiger partial charge is 0.481 e. The molecular weight excluding hydrogens is 330 g/mol. The number of imidazole rings is 1. The number of thiazole rings is 1. The van der Waals surface area contributed by atoms with Crippen molar-refractivity contribution in [1.29, 1.82) is 0 Å². The minimum Gasteiger partial charge on any atom is -0.481 e. The van der Waals surface area contributed by atoms with E-state index in [1.54, 1.807) is 12.3 Å². The molecule has 2 N–H and O–H groups in total. The van der Waals surface area contributed by atoms with Gasteiger partial charge in [0.1, 0.15) is 0 Å². The van der Waals surface area contributed by atoms with Crippen molar-refractivity contribution in [3.05, 3.63) is 45.5 Å². The van der Waals surface area contributed by atoms with Crippen LogP contribution < -0.4 is 5.76 Å². The number of nitrogens with one attached hydrogen (secondary N) is 1. The van der Waals surface area contributed by atoms with E-state index in [1.165, 1.54) is 11.3 Å². The van der Waals surface area contributed by atoms with Gasteiger partial charge in [0.05, 0.1) is 23.3 Å². The van der Waals surface area contributed by atoms with E-state index in [4.69, 9.17) is 9.52 Å². The standard InChI is InChI=1S/C16H13N3O4S/c1-2-12-14(8-3-4-10-11(5-8)23-16(22)18-10)19-7-9(6-13(20)21)17-15(19)24-12/h3-5,7H,2,6H2,1H3,(H,18,22)(H,20,21). The molecule has 4 rings (SSSR count). The fourth-order valence-corrected chi connectivity index (χ4v) is 3.89. The van der Waals surface area contributed by atoms with Crippen LogP contribution in [0.2, 0.25) is 0 Å². The zero-order valence-electron chi connectivity index (χ0n) is 12.7. The molecule has 4 aromatic rings. The number of aromatic amines is 1. The van der Waals surface area contributed by atoms with Crippen molar-refractivity contribution in [3.8, 4) is 11.3 Å². The third-order valence-electron chi connectivity index (χ3n) is 3.79. The SMILES string of the molecule is CCc1sc2nc(CC(=O)O)cn2c1-c1ccc2[nH]c(=O)oc2c1. The molecule has 122 valence electrons. The Morgan fingerprint density at radius 1 is 1.46 bits per heavy atom. The van der Waals surface area contributed by atoms with Crippen LogP contribution in [0.4, 0.5) is 0 Å². The third kappa shape index (κ3) is 2.31. The average molecular weight is 343 g/mol. The Kier molecular flexibility index (Phi) is 3.27. The van der Waals surface area contributed by atoms with E-state index in [9.17, 15) is 9.59 Å². The summed E-state index contributed by atoms with van der Waals surface area (Å²) in [6.07, 6.45) is 2.47. The number of hydrogen-bond donors (Lipinski definition) is 2. The van der Waals surface area contributed by atoms with E-state index in [1.807, 2.05) is 16.5 Å². The lowest BCUT2D eigenvalue weighted by Crippen LogP contribution is -1.99. The van der Waals surface area contributed by atoms with Crippen LogP contribution in [0, 0.1) is 0 Å². The molecule has 7 nitrogen and oxygen atoms in total. The van der Waals surface area contributed by atoms with Crippen molar-refractivity contribution < 1.29 is 14.3 Å². The summed E-state index contributed by atoms with van der Waals surface area (Å²) < 4.78 is 7.05. The first-order valence-electron chi connectivity index (χ1n) is 7.40. The van der Waals surface area contributed by atoms with Crippen LogP contribution in [-0.4, -0.2) is 25.4 Å². The van der Waals surface area contributed by atoms with Gasteiger partial charge in [0.2, 0.25) is 0 Å². The summed E-state index contributed by atoms with van der Waals surface area (Å²) >= 11 is 1.54. The first kappa shape index (κ1) is 14.7. The number of carbonyl (C=O) groups is 1. The van der Waals surface area contributed by atoms with Crippen molar-refractivity contribution in [3.63, 3.8) is 0 Å². The molecule has 0 aliphatic heterocycles. The molecule has 3 heterocycles. The van der Waals surface area contributed by atoms with Gasteiger partial charge in [-0.2, -0.15) is 0 Å². The van der Waals surface area contributed by atoms with E-state index in [2.05, 4.69) is 16.9 Å². The lowest BCUT2D eigenvalue weighted by atomic mass is 10.1. The molecule has 0 aliphatic carbocycles.